The topological polar surface area (TPSA) is 38.3 Å². The fourth-order valence-corrected chi connectivity index (χ4v) is 4.75. The van der Waals surface area contributed by atoms with Gasteiger partial charge in [0.1, 0.15) is 0 Å². The molecule has 1 aliphatic heterocycles. The average molecular weight is 419 g/mol. The molecule has 1 aliphatic carbocycles. The van der Waals surface area contributed by atoms with E-state index in [2.05, 4.69) is 45.5 Å². The Balaban J connectivity index is 1.89. The Morgan fingerprint density at radius 1 is 1.28 bits per heavy atom. The monoisotopic (exact) mass is 417 g/mol. The van der Waals surface area contributed by atoms with Crippen LogP contribution in [0, 0.1) is 5.92 Å². The van der Waals surface area contributed by atoms with Gasteiger partial charge in [-0.05, 0) is 41.7 Å². The normalized spacial score (nSPS) is 23.6. The molecule has 2 aliphatic rings. The van der Waals surface area contributed by atoms with E-state index in [1.165, 1.54) is 12.7 Å². The third-order valence-electron chi connectivity index (χ3n) is 5.11. The first-order valence-corrected chi connectivity index (χ1v) is 9.37. The molecule has 2 unspecified atom stereocenters. The number of fused-ring (bicyclic) bond motifs is 3. The molecule has 5 heteroatoms. The number of allylic oxidation sites excluding steroid dienone is 2. The highest BCUT2D eigenvalue weighted by Crippen LogP contribution is 2.53. The highest BCUT2D eigenvalue weighted by molar-refractivity contribution is 9.10. The van der Waals surface area contributed by atoms with E-state index in [9.17, 15) is 4.79 Å². The van der Waals surface area contributed by atoms with E-state index in [0.717, 1.165) is 22.1 Å². The van der Waals surface area contributed by atoms with Gasteiger partial charge < -0.3 is 10.1 Å². The van der Waals surface area contributed by atoms with Crippen molar-refractivity contribution >= 4 is 39.2 Å². The summed E-state index contributed by atoms with van der Waals surface area (Å²) in [7, 11) is 1.41. The number of rotatable bonds is 2. The van der Waals surface area contributed by atoms with Gasteiger partial charge in [-0.2, -0.15) is 0 Å². The number of ether oxygens (including phenoxy) is 1. The minimum Gasteiger partial charge on any atom is -0.465 e. The van der Waals surface area contributed by atoms with E-state index < -0.39 is 0 Å². The second-order valence-corrected chi connectivity index (χ2v) is 7.63. The number of methoxy groups -OCH3 is 1. The molecule has 3 atom stereocenters. The van der Waals surface area contributed by atoms with Gasteiger partial charge in [0.25, 0.3) is 0 Å². The van der Waals surface area contributed by atoms with E-state index in [1.807, 2.05) is 12.1 Å². The summed E-state index contributed by atoms with van der Waals surface area (Å²) in [5.74, 6) is 0.141. The van der Waals surface area contributed by atoms with Gasteiger partial charge in [0.15, 0.2) is 0 Å². The van der Waals surface area contributed by atoms with Crippen LogP contribution in [0.5, 0.6) is 0 Å². The van der Waals surface area contributed by atoms with Gasteiger partial charge >= 0.3 is 5.97 Å². The Hall–Kier alpha value is -1.78. The summed E-state index contributed by atoms with van der Waals surface area (Å²) >= 11 is 10.2. The fourth-order valence-electron chi connectivity index (χ4n) is 4.00. The SMILES string of the molecule is COC(=O)c1ccc(Cl)c2c1C1C=CCC1[C@@H](c1ccccc1Br)N2. The van der Waals surface area contributed by atoms with Gasteiger partial charge in [0.2, 0.25) is 0 Å². The Bertz CT molecular complexity index is 880. The molecule has 25 heavy (non-hydrogen) atoms. The predicted molar refractivity (Wildman–Crippen MR) is 103 cm³/mol. The van der Waals surface area contributed by atoms with Crippen molar-refractivity contribution in [2.75, 3.05) is 12.4 Å². The molecule has 0 spiro atoms. The molecule has 1 N–H and O–H groups in total. The molecule has 3 nitrogen and oxygen atoms in total. The summed E-state index contributed by atoms with van der Waals surface area (Å²) in [6.45, 7) is 0. The van der Waals surface area contributed by atoms with Gasteiger partial charge in [-0.1, -0.05) is 57.9 Å². The van der Waals surface area contributed by atoms with Crippen LogP contribution in [0.2, 0.25) is 5.02 Å². The van der Waals surface area contributed by atoms with Crippen molar-refractivity contribution in [2.24, 2.45) is 5.92 Å². The zero-order chi connectivity index (χ0) is 17.6. The predicted octanol–water partition coefficient (Wildman–Crippen LogP) is 5.72. The van der Waals surface area contributed by atoms with Crippen LogP contribution in [-0.2, 0) is 4.74 Å². The van der Waals surface area contributed by atoms with E-state index in [0.29, 0.717) is 16.5 Å². The maximum atomic E-state index is 12.3. The summed E-state index contributed by atoms with van der Waals surface area (Å²) in [4.78, 5) is 12.3. The second-order valence-electron chi connectivity index (χ2n) is 6.37. The number of hydrogen-bond acceptors (Lipinski definition) is 3. The molecule has 0 radical (unpaired) electrons. The smallest absolute Gasteiger partial charge is 0.338 e. The zero-order valence-corrected chi connectivity index (χ0v) is 16.0. The quantitative estimate of drug-likeness (QED) is 0.501. The number of nitrogens with one attached hydrogen (secondary N) is 1. The fraction of sp³-hybridized carbons (Fsp3) is 0.250. The summed E-state index contributed by atoms with van der Waals surface area (Å²) in [6.07, 6.45) is 5.34. The largest absolute Gasteiger partial charge is 0.465 e. The summed E-state index contributed by atoms with van der Waals surface area (Å²) < 4.78 is 6.05. The molecule has 0 aromatic heterocycles. The van der Waals surface area contributed by atoms with Gasteiger partial charge in [0.05, 0.1) is 29.4 Å². The standard InChI is InChI=1S/C20H17BrClNO2/c1-25-20(24)14-9-10-16(22)19-17(14)11-6-4-7-12(11)18(23-19)13-5-2-3-8-15(13)21/h2-6,8-12,18,23H,7H2,1H3/t11?,12?,18-/m0/s1. The van der Waals surface area contributed by atoms with Crippen molar-refractivity contribution in [3.05, 3.63) is 74.7 Å². The van der Waals surface area contributed by atoms with Crippen molar-refractivity contribution in [1.82, 2.24) is 0 Å². The molecule has 2 aromatic carbocycles. The van der Waals surface area contributed by atoms with Gasteiger partial charge in [-0.3, -0.25) is 0 Å². The maximum Gasteiger partial charge on any atom is 0.338 e. The Morgan fingerprint density at radius 2 is 2.08 bits per heavy atom. The van der Waals surface area contributed by atoms with Gasteiger partial charge in [-0.15, -0.1) is 0 Å². The minimum atomic E-state index is -0.326. The molecular formula is C20H17BrClNO2. The highest BCUT2D eigenvalue weighted by Gasteiger charge is 2.41. The Labute approximate surface area is 160 Å². The first-order chi connectivity index (χ1) is 12.1. The first-order valence-electron chi connectivity index (χ1n) is 8.20. The van der Waals surface area contributed by atoms with E-state index >= 15 is 0 Å². The average Bonchev–Trinajstić information content (AvgIpc) is 3.11. The number of hydrogen-bond donors (Lipinski definition) is 1. The highest BCUT2D eigenvalue weighted by atomic mass is 79.9. The maximum absolute atomic E-state index is 12.3. The number of esters is 1. The lowest BCUT2D eigenvalue weighted by molar-refractivity contribution is 0.0598. The molecule has 0 amide bonds. The summed E-state index contributed by atoms with van der Waals surface area (Å²) in [5, 5.41) is 4.23. The van der Waals surface area contributed by atoms with Crippen molar-refractivity contribution < 1.29 is 9.53 Å². The van der Waals surface area contributed by atoms with Crippen LogP contribution in [0.1, 0.15) is 39.9 Å². The zero-order valence-electron chi connectivity index (χ0n) is 13.6. The number of halogens is 2. The van der Waals surface area contributed by atoms with E-state index in [4.69, 9.17) is 16.3 Å². The van der Waals surface area contributed by atoms with Crippen LogP contribution >= 0.6 is 27.5 Å². The van der Waals surface area contributed by atoms with Crippen LogP contribution in [0.25, 0.3) is 0 Å². The second kappa shape index (κ2) is 6.50. The lowest BCUT2D eigenvalue weighted by Gasteiger charge is -2.39. The van der Waals surface area contributed by atoms with E-state index in [-0.39, 0.29) is 17.9 Å². The van der Waals surface area contributed by atoms with Crippen molar-refractivity contribution in [2.45, 2.75) is 18.4 Å². The van der Waals surface area contributed by atoms with Crippen molar-refractivity contribution in [1.29, 1.82) is 0 Å². The number of carbonyl (C=O) groups is 1. The minimum absolute atomic E-state index is 0.119. The molecular weight excluding hydrogens is 402 g/mol. The summed E-state index contributed by atoms with van der Waals surface area (Å²) in [5.41, 5.74) is 3.56. The van der Waals surface area contributed by atoms with Gasteiger partial charge in [-0.25, -0.2) is 4.79 Å². The molecule has 2 aromatic rings. The van der Waals surface area contributed by atoms with E-state index in [1.54, 1.807) is 12.1 Å². The van der Waals surface area contributed by atoms with Gasteiger partial charge in [0, 0.05) is 10.4 Å². The molecule has 4 rings (SSSR count). The summed E-state index contributed by atoms with van der Waals surface area (Å²) in [6, 6.07) is 11.9. The van der Waals surface area contributed by atoms with Crippen molar-refractivity contribution in [3.8, 4) is 0 Å². The molecule has 128 valence electrons. The molecule has 0 fully saturated rings. The number of anilines is 1. The molecule has 0 bridgehead atoms. The first kappa shape index (κ1) is 16.7. The molecule has 0 saturated carbocycles. The Kier molecular flexibility index (Phi) is 4.34. The lowest BCUT2D eigenvalue weighted by Crippen LogP contribution is -2.31. The van der Waals surface area contributed by atoms with Crippen LogP contribution in [0.15, 0.2) is 53.0 Å². The van der Waals surface area contributed by atoms with Crippen LogP contribution in [0.3, 0.4) is 0 Å². The van der Waals surface area contributed by atoms with Crippen LogP contribution < -0.4 is 5.32 Å². The van der Waals surface area contributed by atoms with Crippen LogP contribution in [0.4, 0.5) is 5.69 Å². The third kappa shape index (κ3) is 2.68. The molecule has 0 saturated heterocycles. The third-order valence-corrected chi connectivity index (χ3v) is 6.15. The molecule has 1 heterocycles. The lowest BCUT2D eigenvalue weighted by atomic mass is 9.75. The van der Waals surface area contributed by atoms with Crippen LogP contribution in [-0.4, -0.2) is 13.1 Å². The number of carbonyl (C=O) groups excluding carboxylic acids is 1. The number of benzene rings is 2. The Morgan fingerprint density at radius 3 is 2.84 bits per heavy atom. The van der Waals surface area contributed by atoms with Crippen molar-refractivity contribution in [3.63, 3.8) is 0 Å².